The molecule has 0 radical (unpaired) electrons. The second-order valence-electron chi connectivity index (χ2n) is 7.67. The molecule has 14 nitrogen and oxygen atoms in total. The van der Waals surface area contributed by atoms with Crippen LogP contribution in [-0.4, -0.2) is 59.7 Å². The predicted octanol–water partition coefficient (Wildman–Crippen LogP) is -0.00810. The number of rotatable bonds is 7. The summed E-state index contributed by atoms with van der Waals surface area (Å²) in [5, 5.41) is 28.7. The third-order valence-corrected chi connectivity index (χ3v) is 5.54. The van der Waals surface area contributed by atoms with E-state index in [1.807, 2.05) is 13.8 Å². The Morgan fingerprint density at radius 1 is 0.909 bits per heavy atom. The number of benzene rings is 1. The number of hydrogen-bond acceptors (Lipinski definition) is 10. The molecule has 14 heteroatoms. The number of tetrazole rings is 1. The van der Waals surface area contributed by atoms with Gasteiger partial charge in [-0.05, 0) is 30.7 Å². The minimum Gasteiger partial charge on any atom is -0.294 e. The van der Waals surface area contributed by atoms with Gasteiger partial charge < -0.3 is 0 Å². The smallest absolute Gasteiger partial charge is 0.278 e. The summed E-state index contributed by atoms with van der Waals surface area (Å²) in [6.45, 7) is 4.55. The van der Waals surface area contributed by atoms with E-state index in [0.717, 1.165) is 0 Å². The Bertz CT molecular complexity index is 1520. The van der Waals surface area contributed by atoms with Crippen LogP contribution in [0.2, 0.25) is 0 Å². The van der Waals surface area contributed by atoms with Gasteiger partial charge in [0.25, 0.3) is 11.1 Å². The van der Waals surface area contributed by atoms with Crippen LogP contribution in [0.4, 0.5) is 0 Å². The average Bonchev–Trinajstić information content (AvgIpc) is 3.52. The first-order valence-corrected chi connectivity index (χ1v) is 10.4. The van der Waals surface area contributed by atoms with Gasteiger partial charge in [-0.2, -0.15) is 19.8 Å². The Morgan fingerprint density at radius 2 is 1.67 bits per heavy atom. The van der Waals surface area contributed by atoms with Crippen molar-refractivity contribution in [2.75, 3.05) is 0 Å². The van der Waals surface area contributed by atoms with Crippen molar-refractivity contribution >= 4 is 21.8 Å². The van der Waals surface area contributed by atoms with Gasteiger partial charge in [-0.3, -0.25) is 14.2 Å². The Morgan fingerprint density at radius 3 is 2.39 bits per heavy atom. The van der Waals surface area contributed by atoms with Crippen molar-refractivity contribution in [1.82, 2.24) is 59.7 Å². The van der Waals surface area contributed by atoms with E-state index in [1.165, 1.54) is 31.5 Å². The summed E-state index contributed by atoms with van der Waals surface area (Å²) in [6, 6.07) is 2.61. The lowest BCUT2D eigenvalue weighted by Crippen LogP contribution is -2.31. The summed E-state index contributed by atoms with van der Waals surface area (Å²) < 4.78 is 2.84. The SMILES string of the molecule is CC[C@H](Cn1nccn1)n1nnc2cc3c(=O)n([C@H](C)Cn4ncnn4)cnc3cc2c1=O. The molecule has 33 heavy (non-hydrogen) atoms. The lowest BCUT2D eigenvalue weighted by atomic mass is 10.1. The predicted molar refractivity (Wildman–Crippen MR) is 115 cm³/mol. The summed E-state index contributed by atoms with van der Waals surface area (Å²) >= 11 is 0. The normalized spacial score (nSPS) is 13.5. The van der Waals surface area contributed by atoms with Gasteiger partial charge >= 0.3 is 0 Å². The van der Waals surface area contributed by atoms with Crippen LogP contribution >= 0.6 is 0 Å². The molecule has 0 bridgehead atoms. The van der Waals surface area contributed by atoms with Gasteiger partial charge in [-0.15, -0.1) is 15.3 Å². The minimum absolute atomic E-state index is 0.253. The highest BCUT2D eigenvalue weighted by Crippen LogP contribution is 2.17. The topological polar surface area (TPSA) is 157 Å². The first-order chi connectivity index (χ1) is 16.0. The Balaban J connectivity index is 1.55. The van der Waals surface area contributed by atoms with Crippen molar-refractivity contribution in [3.05, 3.63) is 57.9 Å². The van der Waals surface area contributed by atoms with E-state index in [2.05, 4.69) is 40.9 Å². The van der Waals surface area contributed by atoms with Gasteiger partial charge in [0, 0.05) is 0 Å². The number of nitrogens with zero attached hydrogens (tertiary/aromatic N) is 12. The average molecular weight is 448 g/mol. The van der Waals surface area contributed by atoms with Gasteiger partial charge in [-0.25, -0.2) is 9.67 Å². The number of hydrogen-bond donors (Lipinski definition) is 0. The molecule has 0 aliphatic rings. The molecule has 0 aliphatic carbocycles. The quantitative estimate of drug-likeness (QED) is 0.310. The van der Waals surface area contributed by atoms with E-state index in [9.17, 15) is 9.59 Å². The van der Waals surface area contributed by atoms with Crippen LogP contribution in [0.3, 0.4) is 0 Å². The molecule has 1 aromatic carbocycles. The fraction of sp³-hybridized carbons (Fsp3) is 0.368. The molecule has 5 aromatic rings. The lowest BCUT2D eigenvalue weighted by molar-refractivity contribution is 0.327. The molecule has 0 fully saturated rings. The van der Waals surface area contributed by atoms with E-state index >= 15 is 0 Å². The molecule has 168 valence electrons. The van der Waals surface area contributed by atoms with Crippen molar-refractivity contribution in [3.8, 4) is 0 Å². The van der Waals surface area contributed by atoms with Gasteiger partial charge in [0.1, 0.15) is 5.52 Å². The Labute approximate surface area is 185 Å². The van der Waals surface area contributed by atoms with Crippen LogP contribution in [0.5, 0.6) is 0 Å². The van der Waals surface area contributed by atoms with Gasteiger partial charge in [0.2, 0.25) is 0 Å². The third kappa shape index (κ3) is 3.75. The Kier molecular flexibility index (Phi) is 5.16. The maximum absolute atomic E-state index is 13.2. The Hall–Kier alpha value is -4.36. The zero-order chi connectivity index (χ0) is 22.9. The first kappa shape index (κ1) is 20.5. The molecule has 0 N–H and O–H groups in total. The van der Waals surface area contributed by atoms with E-state index in [-0.39, 0.29) is 23.2 Å². The molecule has 0 saturated carbocycles. The van der Waals surface area contributed by atoms with E-state index in [4.69, 9.17) is 0 Å². The summed E-state index contributed by atoms with van der Waals surface area (Å²) in [5.41, 5.74) is 0.181. The zero-order valence-corrected chi connectivity index (χ0v) is 17.9. The van der Waals surface area contributed by atoms with Crippen molar-refractivity contribution in [3.63, 3.8) is 0 Å². The van der Waals surface area contributed by atoms with Crippen LogP contribution in [0, 0.1) is 0 Å². The van der Waals surface area contributed by atoms with Crippen molar-refractivity contribution in [1.29, 1.82) is 0 Å². The molecule has 0 saturated heterocycles. The summed E-state index contributed by atoms with van der Waals surface area (Å²) in [7, 11) is 0. The molecule has 4 heterocycles. The summed E-state index contributed by atoms with van der Waals surface area (Å²) in [5.74, 6) is 0. The molecule has 4 aromatic heterocycles. The van der Waals surface area contributed by atoms with Crippen LogP contribution in [0.25, 0.3) is 21.8 Å². The molecule has 0 spiro atoms. The molecule has 2 atom stereocenters. The summed E-state index contributed by atoms with van der Waals surface area (Å²) in [6.07, 6.45) is 6.59. The second-order valence-corrected chi connectivity index (χ2v) is 7.67. The molecule has 0 aliphatic heterocycles. The first-order valence-electron chi connectivity index (χ1n) is 10.4. The number of aromatic nitrogens is 12. The highest BCUT2D eigenvalue weighted by atomic mass is 16.1. The fourth-order valence-electron chi connectivity index (χ4n) is 3.74. The van der Waals surface area contributed by atoms with E-state index < -0.39 is 0 Å². The lowest BCUT2D eigenvalue weighted by Gasteiger charge is -2.16. The second kappa shape index (κ2) is 8.29. The standard InChI is InChI=1S/C19H20N12O2/c1-3-13(9-29-22-4-5-23-29)31-19(33)15-6-16-14(7-17(15)25-27-31)18(32)28(11-20-16)12(2)8-30-24-10-21-26-30/h4-7,10-13H,3,8-9H2,1-2H3/t12-,13-/m1/s1. The van der Waals surface area contributed by atoms with Crippen molar-refractivity contribution in [2.45, 2.75) is 45.4 Å². The largest absolute Gasteiger partial charge is 0.294 e. The highest BCUT2D eigenvalue weighted by molar-refractivity contribution is 5.93. The maximum Gasteiger partial charge on any atom is 0.278 e. The highest BCUT2D eigenvalue weighted by Gasteiger charge is 2.18. The molecule has 0 unspecified atom stereocenters. The van der Waals surface area contributed by atoms with Gasteiger partial charge in [0.15, 0.2) is 6.33 Å². The minimum atomic E-state index is -0.308. The summed E-state index contributed by atoms with van der Waals surface area (Å²) in [4.78, 5) is 33.7. The zero-order valence-electron chi connectivity index (χ0n) is 17.9. The third-order valence-electron chi connectivity index (χ3n) is 5.54. The monoisotopic (exact) mass is 448 g/mol. The van der Waals surface area contributed by atoms with Crippen molar-refractivity contribution < 1.29 is 0 Å². The fourth-order valence-corrected chi connectivity index (χ4v) is 3.74. The van der Waals surface area contributed by atoms with Crippen LogP contribution < -0.4 is 11.1 Å². The molecule has 0 amide bonds. The van der Waals surface area contributed by atoms with E-state index in [1.54, 1.807) is 24.5 Å². The van der Waals surface area contributed by atoms with Gasteiger partial charge in [-0.1, -0.05) is 12.1 Å². The van der Waals surface area contributed by atoms with Crippen molar-refractivity contribution in [2.24, 2.45) is 0 Å². The van der Waals surface area contributed by atoms with Crippen LogP contribution in [0.1, 0.15) is 32.4 Å². The molecule has 5 rings (SSSR count). The molecular formula is C19H20N12O2. The van der Waals surface area contributed by atoms with Crippen LogP contribution in [-0.2, 0) is 13.1 Å². The maximum atomic E-state index is 13.2. The van der Waals surface area contributed by atoms with Crippen LogP contribution in [0.15, 0.2) is 46.8 Å². The number of fused-ring (bicyclic) bond motifs is 2. The van der Waals surface area contributed by atoms with Gasteiger partial charge in [0.05, 0.1) is 60.2 Å². The molecular weight excluding hydrogens is 428 g/mol. The van der Waals surface area contributed by atoms with E-state index in [0.29, 0.717) is 41.3 Å².